The summed E-state index contributed by atoms with van der Waals surface area (Å²) in [4.78, 5) is 32.8. The average Bonchev–Trinajstić information content (AvgIpc) is 3.19. The number of aryl methyl sites for hydroxylation is 3. The van der Waals surface area contributed by atoms with Crippen molar-refractivity contribution in [2.24, 2.45) is 0 Å². The van der Waals surface area contributed by atoms with Gasteiger partial charge in [-0.25, -0.2) is 4.98 Å². The van der Waals surface area contributed by atoms with Gasteiger partial charge in [-0.15, -0.1) is 0 Å². The van der Waals surface area contributed by atoms with Gasteiger partial charge in [-0.05, 0) is 70.0 Å². The van der Waals surface area contributed by atoms with Gasteiger partial charge >= 0.3 is 0 Å². The number of carbonyl (C=O) groups is 2. The van der Waals surface area contributed by atoms with E-state index < -0.39 is 0 Å². The molecule has 0 saturated carbocycles. The topological polar surface area (TPSA) is 67.2 Å². The molecule has 0 spiro atoms. The first-order valence-corrected chi connectivity index (χ1v) is 12.5. The largest absolute Gasteiger partial charge is 0.352 e. The van der Waals surface area contributed by atoms with Gasteiger partial charge in [0, 0.05) is 30.3 Å². The molecule has 0 aliphatic rings. The molecule has 2 amide bonds. The van der Waals surface area contributed by atoms with Crippen molar-refractivity contribution in [3.8, 4) is 0 Å². The number of nitrogens with one attached hydrogen (secondary N) is 1. The van der Waals surface area contributed by atoms with Crippen LogP contribution >= 0.6 is 0 Å². The first-order chi connectivity index (χ1) is 17.3. The molecule has 4 aromatic rings. The summed E-state index contributed by atoms with van der Waals surface area (Å²) in [5, 5.41) is 3.03. The second-order valence-electron chi connectivity index (χ2n) is 9.47. The smallest absolute Gasteiger partial charge is 0.251 e. The number of benzene rings is 3. The van der Waals surface area contributed by atoms with Gasteiger partial charge in [-0.3, -0.25) is 9.59 Å². The van der Waals surface area contributed by atoms with E-state index in [-0.39, 0.29) is 24.4 Å². The number of carbonyl (C=O) groups excluding carboxylic acids is 2. The molecule has 186 valence electrons. The Kier molecular flexibility index (Phi) is 7.84. The van der Waals surface area contributed by atoms with E-state index in [4.69, 9.17) is 4.98 Å². The maximum absolute atomic E-state index is 13.5. The Labute approximate surface area is 213 Å². The molecule has 0 saturated heterocycles. The minimum Gasteiger partial charge on any atom is -0.352 e. The number of amides is 2. The zero-order chi connectivity index (χ0) is 25.7. The quantitative estimate of drug-likeness (QED) is 0.322. The Hall–Kier alpha value is -3.93. The second-order valence-corrected chi connectivity index (χ2v) is 9.47. The molecule has 0 fully saturated rings. The number of aromatic nitrogens is 2. The van der Waals surface area contributed by atoms with E-state index in [1.54, 1.807) is 0 Å². The molecule has 3 aromatic carbocycles. The van der Waals surface area contributed by atoms with Crippen LogP contribution in [0.2, 0.25) is 0 Å². The molecule has 6 heteroatoms. The summed E-state index contributed by atoms with van der Waals surface area (Å²) < 4.78 is 2.02. The Morgan fingerprint density at radius 1 is 0.972 bits per heavy atom. The fourth-order valence-corrected chi connectivity index (χ4v) is 4.63. The van der Waals surface area contributed by atoms with E-state index in [1.165, 1.54) is 0 Å². The maximum Gasteiger partial charge on any atom is 0.251 e. The van der Waals surface area contributed by atoms with Gasteiger partial charge in [0.1, 0.15) is 12.4 Å². The van der Waals surface area contributed by atoms with Crippen molar-refractivity contribution < 1.29 is 9.59 Å². The summed E-state index contributed by atoms with van der Waals surface area (Å²) in [6.45, 7) is 8.76. The molecule has 1 heterocycles. The fourth-order valence-electron chi connectivity index (χ4n) is 4.63. The van der Waals surface area contributed by atoms with E-state index in [0.29, 0.717) is 18.5 Å². The minimum absolute atomic E-state index is 0.0174. The number of hydrogen-bond acceptors (Lipinski definition) is 3. The molecule has 0 unspecified atom stereocenters. The first kappa shape index (κ1) is 25.2. The number of fused-ring (bicyclic) bond motifs is 1. The predicted octanol–water partition coefficient (Wildman–Crippen LogP) is 5.46. The number of para-hydroxylation sites is 3. The highest BCUT2D eigenvalue weighted by Crippen LogP contribution is 2.21. The highest BCUT2D eigenvalue weighted by atomic mass is 16.2. The predicted molar refractivity (Wildman–Crippen MR) is 145 cm³/mol. The van der Waals surface area contributed by atoms with Crippen molar-refractivity contribution >= 4 is 28.5 Å². The molecule has 0 radical (unpaired) electrons. The van der Waals surface area contributed by atoms with Crippen molar-refractivity contribution in [1.82, 2.24) is 14.9 Å². The van der Waals surface area contributed by atoms with Crippen LogP contribution in [0, 0.1) is 13.8 Å². The van der Waals surface area contributed by atoms with Crippen molar-refractivity contribution in [1.29, 1.82) is 0 Å². The molecule has 1 N–H and O–H groups in total. The lowest BCUT2D eigenvalue weighted by Crippen LogP contribution is -2.39. The summed E-state index contributed by atoms with van der Waals surface area (Å²) in [7, 11) is 0. The second kappa shape index (κ2) is 11.2. The molecular formula is C30H34N4O2. The zero-order valence-electron chi connectivity index (χ0n) is 21.5. The fraction of sp³-hybridized carbons (Fsp3) is 0.300. The maximum atomic E-state index is 13.5. The van der Waals surface area contributed by atoms with Crippen LogP contribution in [-0.4, -0.2) is 34.0 Å². The standard InChI is InChI=1S/C30H34N4O2/c1-21(2)34(24-11-6-5-7-12-24)29(35)20-33-27-14-9-8-13-26(27)32-28(33)15-10-18-31-30(36)25-17-16-22(3)19-23(25)4/h5-9,11-14,16-17,19,21H,10,15,18,20H2,1-4H3,(H,31,36). The number of nitrogens with zero attached hydrogens (tertiary/aromatic N) is 3. The average molecular weight is 483 g/mol. The third kappa shape index (κ3) is 5.65. The number of hydrogen-bond donors (Lipinski definition) is 1. The van der Waals surface area contributed by atoms with E-state index in [9.17, 15) is 9.59 Å². The summed E-state index contributed by atoms with van der Waals surface area (Å²) in [5.41, 5.74) is 5.51. The van der Waals surface area contributed by atoms with Crippen LogP contribution in [0.15, 0.2) is 72.8 Å². The molecule has 1 aromatic heterocycles. The van der Waals surface area contributed by atoms with Gasteiger partial charge in [0.15, 0.2) is 0 Å². The zero-order valence-corrected chi connectivity index (χ0v) is 21.5. The van der Waals surface area contributed by atoms with Gasteiger partial charge in [-0.2, -0.15) is 0 Å². The first-order valence-electron chi connectivity index (χ1n) is 12.5. The van der Waals surface area contributed by atoms with E-state index in [0.717, 1.165) is 40.1 Å². The molecule has 4 rings (SSSR count). The van der Waals surface area contributed by atoms with Crippen LogP contribution < -0.4 is 10.2 Å². The summed E-state index contributed by atoms with van der Waals surface area (Å²) in [6.07, 6.45) is 1.38. The van der Waals surface area contributed by atoms with Gasteiger partial charge < -0.3 is 14.8 Å². The SMILES string of the molecule is Cc1ccc(C(=O)NCCCc2nc3ccccc3n2CC(=O)N(c2ccccc2)C(C)C)c(C)c1. The highest BCUT2D eigenvalue weighted by Gasteiger charge is 2.22. The van der Waals surface area contributed by atoms with Crippen molar-refractivity contribution in [2.75, 3.05) is 11.4 Å². The van der Waals surface area contributed by atoms with Crippen LogP contribution in [0.1, 0.15) is 47.6 Å². The summed E-state index contributed by atoms with van der Waals surface area (Å²) in [5.74, 6) is 0.803. The molecular weight excluding hydrogens is 448 g/mol. The highest BCUT2D eigenvalue weighted by molar-refractivity contribution is 5.96. The van der Waals surface area contributed by atoms with Crippen molar-refractivity contribution in [2.45, 2.75) is 53.1 Å². The van der Waals surface area contributed by atoms with Gasteiger partial charge in [0.25, 0.3) is 5.91 Å². The summed E-state index contributed by atoms with van der Waals surface area (Å²) >= 11 is 0. The molecule has 6 nitrogen and oxygen atoms in total. The monoisotopic (exact) mass is 482 g/mol. The van der Waals surface area contributed by atoms with Gasteiger partial charge in [0.05, 0.1) is 11.0 Å². The molecule has 0 aliphatic carbocycles. The minimum atomic E-state index is -0.0633. The number of rotatable bonds is 9. The van der Waals surface area contributed by atoms with Gasteiger partial charge in [-0.1, -0.05) is 48.0 Å². The number of anilines is 1. The van der Waals surface area contributed by atoms with Crippen LogP contribution in [-0.2, 0) is 17.8 Å². The normalized spacial score (nSPS) is 11.1. The third-order valence-corrected chi connectivity index (χ3v) is 6.34. The summed E-state index contributed by atoms with van der Waals surface area (Å²) in [6, 6.07) is 23.5. The lowest BCUT2D eigenvalue weighted by atomic mass is 10.1. The van der Waals surface area contributed by atoms with Crippen LogP contribution in [0.3, 0.4) is 0 Å². The molecule has 0 atom stereocenters. The van der Waals surface area contributed by atoms with Crippen molar-refractivity contribution in [3.63, 3.8) is 0 Å². The molecule has 0 bridgehead atoms. The molecule has 0 aliphatic heterocycles. The Balaban J connectivity index is 1.48. The Morgan fingerprint density at radius 3 is 2.42 bits per heavy atom. The lowest BCUT2D eigenvalue weighted by Gasteiger charge is -2.27. The molecule has 36 heavy (non-hydrogen) atoms. The van der Waals surface area contributed by atoms with Crippen LogP contribution in [0.4, 0.5) is 5.69 Å². The Morgan fingerprint density at radius 2 is 1.69 bits per heavy atom. The number of imidazole rings is 1. The third-order valence-electron chi connectivity index (χ3n) is 6.34. The van der Waals surface area contributed by atoms with E-state index in [1.807, 2.05) is 110 Å². The Bertz CT molecular complexity index is 1360. The van der Waals surface area contributed by atoms with Gasteiger partial charge in [0.2, 0.25) is 5.91 Å². The van der Waals surface area contributed by atoms with Crippen LogP contribution in [0.5, 0.6) is 0 Å². The van der Waals surface area contributed by atoms with Crippen molar-refractivity contribution in [3.05, 3.63) is 95.3 Å². The van der Waals surface area contributed by atoms with Crippen LogP contribution in [0.25, 0.3) is 11.0 Å². The van der Waals surface area contributed by atoms with E-state index in [2.05, 4.69) is 5.32 Å². The van der Waals surface area contributed by atoms with E-state index >= 15 is 0 Å². The lowest BCUT2D eigenvalue weighted by molar-refractivity contribution is -0.119.